The Kier molecular flexibility index (Phi) is 7.49. The average Bonchev–Trinajstić information content (AvgIpc) is 2.31. The van der Waals surface area contributed by atoms with Crippen LogP contribution in [-0.4, -0.2) is 49.3 Å². The second kappa shape index (κ2) is 8.03. The van der Waals surface area contributed by atoms with E-state index in [9.17, 15) is 9.59 Å². The Balaban J connectivity index is 4.18. The first kappa shape index (κ1) is 15.9. The van der Waals surface area contributed by atoms with Crippen molar-refractivity contribution >= 4 is 11.9 Å². The lowest BCUT2D eigenvalue weighted by atomic mass is 9.93. The summed E-state index contributed by atoms with van der Waals surface area (Å²) in [6, 6.07) is 0. The molecule has 0 aromatic rings. The molecule has 0 fully saturated rings. The molecule has 6 heteroatoms. The standard InChI is InChI=1S/C11H22N2O4/c1-4-11(5-2,10(15)16)13-9(14)8-12-6-7-17-3/h12H,4-8H2,1-3H3,(H,13,14)(H,15,16). The summed E-state index contributed by atoms with van der Waals surface area (Å²) in [6.07, 6.45) is 0.727. The maximum Gasteiger partial charge on any atom is 0.329 e. The molecular formula is C11H22N2O4. The van der Waals surface area contributed by atoms with Crippen LogP contribution in [0.4, 0.5) is 0 Å². The predicted molar refractivity (Wildman–Crippen MR) is 63.8 cm³/mol. The van der Waals surface area contributed by atoms with Crippen LogP contribution >= 0.6 is 0 Å². The minimum atomic E-state index is -1.15. The fraction of sp³-hybridized carbons (Fsp3) is 0.818. The Morgan fingerprint density at radius 3 is 2.29 bits per heavy atom. The van der Waals surface area contributed by atoms with Crippen LogP contribution in [-0.2, 0) is 14.3 Å². The number of hydrogen-bond acceptors (Lipinski definition) is 4. The SMILES string of the molecule is CCC(CC)(NC(=O)CNCCOC)C(=O)O. The lowest BCUT2D eigenvalue weighted by molar-refractivity contribution is -0.148. The first-order chi connectivity index (χ1) is 8.02. The van der Waals surface area contributed by atoms with Crippen LogP contribution in [0.25, 0.3) is 0 Å². The number of carbonyl (C=O) groups excluding carboxylic acids is 1. The number of aliphatic carboxylic acids is 1. The molecule has 0 spiro atoms. The molecule has 17 heavy (non-hydrogen) atoms. The largest absolute Gasteiger partial charge is 0.480 e. The lowest BCUT2D eigenvalue weighted by Crippen LogP contribution is -2.55. The highest BCUT2D eigenvalue weighted by atomic mass is 16.5. The van der Waals surface area contributed by atoms with E-state index in [4.69, 9.17) is 9.84 Å². The maximum absolute atomic E-state index is 11.6. The van der Waals surface area contributed by atoms with Gasteiger partial charge in [-0.15, -0.1) is 0 Å². The van der Waals surface area contributed by atoms with E-state index in [0.717, 1.165) is 0 Å². The van der Waals surface area contributed by atoms with Gasteiger partial charge < -0.3 is 20.5 Å². The molecule has 0 heterocycles. The Labute approximate surface area is 102 Å². The molecule has 0 radical (unpaired) electrons. The van der Waals surface area contributed by atoms with Gasteiger partial charge in [-0.1, -0.05) is 13.8 Å². The van der Waals surface area contributed by atoms with E-state index in [2.05, 4.69) is 10.6 Å². The summed E-state index contributed by atoms with van der Waals surface area (Å²) in [7, 11) is 1.57. The highest BCUT2D eigenvalue weighted by molar-refractivity contribution is 5.87. The lowest BCUT2D eigenvalue weighted by Gasteiger charge is -2.28. The molecule has 3 N–H and O–H groups in total. The summed E-state index contributed by atoms with van der Waals surface area (Å²) in [4.78, 5) is 22.7. The van der Waals surface area contributed by atoms with Crippen LogP contribution in [0.5, 0.6) is 0 Å². The molecule has 0 rings (SSSR count). The zero-order valence-corrected chi connectivity index (χ0v) is 10.7. The van der Waals surface area contributed by atoms with Gasteiger partial charge in [0.05, 0.1) is 13.2 Å². The van der Waals surface area contributed by atoms with Gasteiger partial charge in [0.1, 0.15) is 5.54 Å². The summed E-state index contributed by atoms with van der Waals surface area (Å²) < 4.78 is 4.82. The van der Waals surface area contributed by atoms with Crippen molar-refractivity contribution in [2.45, 2.75) is 32.2 Å². The summed E-state index contributed by atoms with van der Waals surface area (Å²) in [5, 5.41) is 14.6. The normalized spacial score (nSPS) is 11.2. The van der Waals surface area contributed by atoms with Gasteiger partial charge in [-0.25, -0.2) is 4.79 Å². The summed E-state index contributed by atoms with van der Waals surface area (Å²) >= 11 is 0. The topological polar surface area (TPSA) is 87.7 Å². The van der Waals surface area contributed by atoms with Crippen molar-refractivity contribution in [2.24, 2.45) is 0 Å². The van der Waals surface area contributed by atoms with Crippen molar-refractivity contribution in [3.63, 3.8) is 0 Å². The summed E-state index contributed by atoms with van der Waals surface area (Å²) in [5.41, 5.74) is -1.15. The molecular weight excluding hydrogens is 224 g/mol. The van der Waals surface area contributed by atoms with Crippen LogP contribution in [0.15, 0.2) is 0 Å². The van der Waals surface area contributed by atoms with E-state index in [1.165, 1.54) is 0 Å². The van der Waals surface area contributed by atoms with E-state index >= 15 is 0 Å². The zero-order valence-electron chi connectivity index (χ0n) is 10.7. The van der Waals surface area contributed by atoms with Crippen LogP contribution in [0.2, 0.25) is 0 Å². The molecule has 0 aromatic heterocycles. The molecule has 100 valence electrons. The molecule has 0 saturated heterocycles. The van der Waals surface area contributed by atoms with Gasteiger partial charge in [-0.2, -0.15) is 0 Å². The van der Waals surface area contributed by atoms with E-state index < -0.39 is 11.5 Å². The number of nitrogens with one attached hydrogen (secondary N) is 2. The van der Waals surface area contributed by atoms with Crippen molar-refractivity contribution in [1.29, 1.82) is 0 Å². The molecule has 0 aliphatic heterocycles. The summed E-state index contributed by atoms with van der Waals surface area (Å²) in [5.74, 6) is -1.31. The minimum Gasteiger partial charge on any atom is -0.480 e. The molecule has 1 amide bonds. The number of methoxy groups -OCH3 is 1. The van der Waals surface area contributed by atoms with E-state index in [-0.39, 0.29) is 12.5 Å². The third-order valence-electron chi connectivity index (χ3n) is 2.76. The number of amides is 1. The van der Waals surface area contributed by atoms with Crippen LogP contribution in [0.1, 0.15) is 26.7 Å². The molecule has 0 aliphatic carbocycles. The van der Waals surface area contributed by atoms with Gasteiger partial charge in [-0.05, 0) is 12.8 Å². The molecule has 0 bridgehead atoms. The quantitative estimate of drug-likeness (QED) is 0.498. The molecule has 0 aromatic carbocycles. The van der Waals surface area contributed by atoms with Crippen molar-refractivity contribution in [3.05, 3.63) is 0 Å². The third-order valence-corrected chi connectivity index (χ3v) is 2.76. The first-order valence-electron chi connectivity index (χ1n) is 5.76. The number of ether oxygens (including phenoxy) is 1. The molecule has 0 unspecified atom stereocenters. The van der Waals surface area contributed by atoms with Crippen molar-refractivity contribution in [3.8, 4) is 0 Å². The Bertz CT molecular complexity index is 252. The Morgan fingerprint density at radius 2 is 1.88 bits per heavy atom. The van der Waals surface area contributed by atoms with Gasteiger partial charge in [0, 0.05) is 13.7 Å². The van der Waals surface area contributed by atoms with Crippen LogP contribution in [0, 0.1) is 0 Å². The highest BCUT2D eigenvalue weighted by Gasteiger charge is 2.35. The predicted octanol–water partition coefficient (Wildman–Crippen LogP) is -0.0180. The Morgan fingerprint density at radius 1 is 1.29 bits per heavy atom. The van der Waals surface area contributed by atoms with Gasteiger partial charge in [0.2, 0.25) is 5.91 Å². The second-order valence-corrected chi connectivity index (χ2v) is 3.81. The van der Waals surface area contributed by atoms with Crippen molar-refractivity contribution < 1.29 is 19.4 Å². The van der Waals surface area contributed by atoms with E-state index in [1.54, 1.807) is 21.0 Å². The number of hydrogen-bond donors (Lipinski definition) is 3. The summed E-state index contributed by atoms with van der Waals surface area (Å²) in [6.45, 7) is 4.66. The Hall–Kier alpha value is -1.14. The fourth-order valence-corrected chi connectivity index (χ4v) is 1.47. The van der Waals surface area contributed by atoms with Crippen molar-refractivity contribution in [2.75, 3.05) is 26.8 Å². The zero-order chi connectivity index (χ0) is 13.3. The van der Waals surface area contributed by atoms with E-state index in [0.29, 0.717) is 26.0 Å². The molecule has 0 saturated carbocycles. The van der Waals surface area contributed by atoms with Crippen LogP contribution < -0.4 is 10.6 Å². The first-order valence-corrected chi connectivity index (χ1v) is 5.76. The van der Waals surface area contributed by atoms with Gasteiger partial charge in [-0.3, -0.25) is 4.79 Å². The molecule has 0 aliphatic rings. The maximum atomic E-state index is 11.6. The van der Waals surface area contributed by atoms with Crippen molar-refractivity contribution in [1.82, 2.24) is 10.6 Å². The number of rotatable bonds is 9. The molecule has 6 nitrogen and oxygen atoms in total. The number of carbonyl (C=O) groups is 2. The average molecular weight is 246 g/mol. The number of carboxylic acids is 1. The number of carboxylic acid groups (broad SMARTS) is 1. The van der Waals surface area contributed by atoms with Gasteiger partial charge >= 0.3 is 5.97 Å². The van der Waals surface area contributed by atoms with Gasteiger partial charge in [0.25, 0.3) is 0 Å². The van der Waals surface area contributed by atoms with Gasteiger partial charge in [0.15, 0.2) is 0 Å². The molecule has 0 atom stereocenters. The smallest absolute Gasteiger partial charge is 0.329 e. The second-order valence-electron chi connectivity index (χ2n) is 3.81. The minimum absolute atomic E-state index is 0.0956. The van der Waals surface area contributed by atoms with Crippen LogP contribution in [0.3, 0.4) is 0 Å². The van der Waals surface area contributed by atoms with E-state index in [1.807, 2.05) is 0 Å². The monoisotopic (exact) mass is 246 g/mol. The fourth-order valence-electron chi connectivity index (χ4n) is 1.47. The third kappa shape index (κ3) is 5.14. The highest BCUT2D eigenvalue weighted by Crippen LogP contribution is 2.14.